The maximum Gasteiger partial charge on any atom is 0.243 e. The molecule has 2 fully saturated rings. The first-order valence-corrected chi connectivity index (χ1v) is 9.34. The topological polar surface area (TPSA) is 66.6 Å². The molecule has 2 atom stereocenters. The molecule has 2 aliphatic heterocycles. The molecule has 3 rings (SSSR count). The van der Waals surface area contributed by atoms with Gasteiger partial charge in [0.2, 0.25) is 10.0 Å². The van der Waals surface area contributed by atoms with Crippen molar-refractivity contribution < 1.29 is 8.42 Å². The van der Waals surface area contributed by atoms with E-state index in [1.54, 1.807) is 15.8 Å². The van der Waals surface area contributed by atoms with Gasteiger partial charge in [0.25, 0.3) is 0 Å². The molecule has 2 saturated heterocycles. The average Bonchev–Trinajstić information content (AvgIpc) is 2.95. The molecule has 2 N–H and O–H groups in total. The molecule has 1 aromatic rings. The molecule has 0 spiro atoms. The van der Waals surface area contributed by atoms with E-state index >= 15 is 0 Å². The van der Waals surface area contributed by atoms with Crippen molar-refractivity contribution in [1.82, 2.24) is 9.21 Å². The lowest BCUT2D eigenvalue weighted by atomic mass is 10.1. The molecule has 0 radical (unpaired) electrons. The van der Waals surface area contributed by atoms with E-state index in [0.29, 0.717) is 36.6 Å². The number of hydrogen-bond donors (Lipinski definition) is 1. The molecule has 2 bridgehead atoms. The Morgan fingerprint density at radius 3 is 2.80 bits per heavy atom. The number of nitrogens with zero attached hydrogens (tertiary/aromatic N) is 2. The minimum Gasteiger partial charge on any atom is -0.326 e. The molecule has 2 unspecified atom stereocenters. The molecule has 112 valence electrons. The maximum absolute atomic E-state index is 12.7. The average molecular weight is 315 g/mol. The van der Waals surface area contributed by atoms with Gasteiger partial charge >= 0.3 is 0 Å². The summed E-state index contributed by atoms with van der Waals surface area (Å²) in [6, 6.07) is 2.62. The number of thiophene rings is 1. The van der Waals surface area contributed by atoms with Gasteiger partial charge in [-0.1, -0.05) is 0 Å². The van der Waals surface area contributed by atoms with Crippen molar-refractivity contribution in [2.45, 2.75) is 42.8 Å². The second-order valence-corrected chi connectivity index (χ2v) is 8.59. The summed E-state index contributed by atoms with van der Waals surface area (Å²) >= 11 is 1.42. The smallest absolute Gasteiger partial charge is 0.243 e. The largest absolute Gasteiger partial charge is 0.326 e. The van der Waals surface area contributed by atoms with Gasteiger partial charge in [-0.25, -0.2) is 8.42 Å². The Morgan fingerprint density at radius 2 is 2.10 bits per heavy atom. The van der Waals surface area contributed by atoms with E-state index in [9.17, 15) is 8.42 Å². The highest BCUT2D eigenvalue weighted by molar-refractivity contribution is 7.89. The molecule has 0 amide bonds. The quantitative estimate of drug-likeness (QED) is 0.906. The molecular formula is C13H21N3O2S2. The summed E-state index contributed by atoms with van der Waals surface area (Å²) in [4.78, 5) is 3.68. The number of rotatable bonds is 3. The van der Waals surface area contributed by atoms with Crippen LogP contribution in [0.5, 0.6) is 0 Å². The molecule has 0 saturated carbocycles. The fraction of sp³-hybridized carbons (Fsp3) is 0.692. The van der Waals surface area contributed by atoms with Gasteiger partial charge in [0.1, 0.15) is 0 Å². The van der Waals surface area contributed by atoms with Crippen molar-refractivity contribution >= 4 is 21.4 Å². The fourth-order valence-corrected chi connectivity index (χ4v) is 5.88. The summed E-state index contributed by atoms with van der Waals surface area (Å²) in [7, 11) is -1.24. The van der Waals surface area contributed by atoms with E-state index in [1.807, 2.05) is 0 Å². The van der Waals surface area contributed by atoms with E-state index < -0.39 is 10.0 Å². The summed E-state index contributed by atoms with van der Waals surface area (Å²) in [5.41, 5.74) is 5.57. The van der Waals surface area contributed by atoms with Gasteiger partial charge < -0.3 is 5.73 Å². The predicted octanol–water partition coefficient (Wildman–Crippen LogP) is 1.06. The van der Waals surface area contributed by atoms with E-state index in [4.69, 9.17) is 5.73 Å². The van der Waals surface area contributed by atoms with Crippen molar-refractivity contribution in [3.8, 4) is 0 Å². The first-order valence-electron chi connectivity index (χ1n) is 7.02. The van der Waals surface area contributed by atoms with Crippen molar-refractivity contribution in [2.24, 2.45) is 5.73 Å². The standard InChI is InChI=1S/C13H21N3O2S2/c1-15-10-2-3-11(15)8-16(5-4-10)20(17,18)13-6-12(7-14)19-9-13/h6,9-11H,2-5,7-8,14H2,1H3. The lowest BCUT2D eigenvalue weighted by molar-refractivity contribution is 0.246. The molecule has 20 heavy (non-hydrogen) atoms. The number of fused-ring (bicyclic) bond motifs is 2. The zero-order valence-corrected chi connectivity index (χ0v) is 13.3. The zero-order chi connectivity index (χ0) is 14.3. The Hall–Kier alpha value is -0.470. The first-order chi connectivity index (χ1) is 9.52. The monoisotopic (exact) mass is 315 g/mol. The van der Waals surface area contributed by atoms with Crippen LogP contribution in [0.2, 0.25) is 0 Å². The second-order valence-electron chi connectivity index (χ2n) is 5.66. The van der Waals surface area contributed by atoms with Gasteiger partial charge in [0.05, 0.1) is 4.90 Å². The van der Waals surface area contributed by atoms with Gasteiger partial charge in [-0.05, 0) is 32.4 Å². The van der Waals surface area contributed by atoms with Crippen LogP contribution in [0.25, 0.3) is 0 Å². The molecule has 0 aromatic carbocycles. The number of hydrogen-bond acceptors (Lipinski definition) is 5. The molecule has 2 aliphatic rings. The Kier molecular flexibility index (Phi) is 3.89. The molecule has 0 aliphatic carbocycles. The van der Waals surface area contributed by atoms with Gasteiger partial charge in [-0.2, -0.15) is 4.31 Å². The highest BCUT2D eigenvalue weighted by Crippen LogP contribution is 2.31. The van der Waals surface area contributed by atoms with E-state index in [2.05, 4.69) is 11.9 Å². The summed E-state index contributed by atoms with van der Waals surface area (Å²) in [5, 5.41) is 1.71. The van der Waals surface area contributed by atoms with Crippen LogP contribution in [0.1, 0.15) is 24.1 Å². The number of likely N-dealkylation sites (N-methyl/N-ethyl adjacent to an activating group) is 1. The van der Waals surface area contributed by atoms with Gasteiger partial charge in [0, 0.05) is 42.0 Å². The number of sulfonamides is 1. The van der Waals surface area contributed by atoms with Crippen LogP contribution >= 0.6 is 11.3 Å². The highest BCUT2D eigenvalue weighted by atomic mass is 32.2. The van der Waals surface area contributed by atoms with Crippen LogP contribution in [0.4, 0.5) is 0 Å². The van der Waals surface area contributed by atoms with Crippen molar-refractivity contribution in [3.63, 3.8) is 0 Å². The first kappa shape index (κ1) is 14.5. The summed E-state index contributed by atoms with van der Waals surface area (Å²) < 4.78 is 27.1. The van der Waals surface area contributed by atoms with Crippen molar-refractivity contribution in [3.05, 3.63) is 16.3 Å². The van der Waals surface area contributed by atoms with Crippen LogP contribution in [0.3, 0.4) is 0 Å². The van der Waals surface area contributed by atoms with Crippen LogP contribution < -0.4 is 5.73 Å². The van der Waals surface area contributed by atoms with E-state index in [-0.39, 0.29) is 0 Å². The third-order valence-electron chi connectivity index (χ3n) is 4.58. The molecular weight excluding hydrogens is 294 g/mol. The molecule has 3 heterocycles. The normalized spacial score (nSPS) is 28.7. The van der Waals surface area contributed by atoms with Crippen LogP contribution in [-0.2, 0) is 16.6 Å². The lowest BCUT2D eigenvalue weighted by Gasteiger charge is -2.24. The lowest BCUT2D eigenvalue weighted by Crippen LogP contribution is -2.39. The Labute approximate surface area is 124 Å². The van der Waals surface area contributed by atoms with Gasteiger partial charge in [-0.15, -0.1) is 11.3 Å². The highest BCUT2D eigenvalue weighted by Gasteiger charge is 2.38. The van der Waals surface area contributed by atoms with E-state index in [0.717, 1.165) is 17.7 Å². The third-order valence-corrected chi connectivity index (χ3v) is 7.53. The van der Waals surface area contributed by atoms with Gasteiger partial charge in [0.15, 0.2) is 0 Å². The van der Waals surface area contributed by atoms with Crippen molar-refractivity contribution in [2.75, 3.05) is 20.1 Å². The summed E-state index contributed by atoms with van der Waals surface area (Å²) in [6.45, 7) is 1.64. The van der Waals surface area contributed by atoms with Gasteiger partial charge in [-0.3, -0.25) is 4.90 Å². The van der Waals surface area contributed by atoms with E-state index in [1.165, 1.54) is 17.8 Å². The zero-order valence-electron chi connectivity index (χ0n) is 11.7. The molecule has 5 nitrogen and oxygen atoms in total. The van der Waals surface area contributed by atoms with Crippen molar-refractivity contribution in [1.29, 1.82) is 0 Å². The Morgan fingerprint density at radius 1 is 1.35 bits per heavy atom. The maximum atomic E-state index is 12.7. The molecule has 7 heteroatoms. The summed E-state index contributed by atoms with van der Waals surface area (Å²) in [6.07, 6.45) is 3.23. The Balaban J connectivity index is 1.84. The SMILES string of the molecule is CN1C2CCC1CN(S(=O)(=O)c1csc(CN)c1)CC2. The minimum atomic E-state index is -3.36. The fourth-order valence-electron chi connectivity index (χ4n) is 3.25. The van der Waals surface area contributed by atoms with Crippen LogP contribution in [0.15, 0.2) is 16.3 Å². The second kappa shape index (κ2) is 5.38. The Bertz CT molecular complexity index is 584. The number of nitrogens with two attached hydrogens (primary N) is 1. The van der Waals surface area contributed by atoms with Crippen LogP contribution in [0, 0.1) is 0 Å². The minimum absolute atomic E-state index is 0.366. The predicted molar refractivity (Wildman–Crippen MR) is 80.2 cm³/mol. The molecule has 1 aromatic heterocycles. The van der Waals surface area contributed by atoms with Crippen LogP contribution in [-0.4, -0.2) is 49.8 Å². The third kappa shape index (κ3) is 2.42. The summed E-state index contributed by atoms with van der Waals surface area (Å²) in [5.74, 6) is 0.